The summed E-state index contributed by atoms with van der Waals surface area (Å²) in [7, 11) is 0. The zero-order valence-electron chi connectivity index (χ0n) is 13.1. The van der Waals surface area contributed by atoms with E-state index >= 15 is 0 Å². The molecule has 0 aliphatic carbocycles. The third kappa shape index (κ3) is 5.45. The molecule has 0 aromatic heterocycles. The Morgan fingerprint density at radius 2 is 1.76 bits per heavy atom. The SMILES string of the molecule is Cc1cc(C(C)C)cc(C)c1NC(=O)NCCCC(=O)O. The number of urea groups is 1. The van der Waals surface area contributed by atoms with E-state index in [2.05, 4.69) is 36.6 Å². The minimum Gasteiger partial charge on any atom is -0.481 e. The molecule has 0 unspecified atom stereocenters. The zero-order chi connectivity index (χ0) is 16.0. The molecule has 0 atom stereocenters. The first-order valence-corrected chi connectivity index (χ1v) is 7.19. The number of rotatable bonds is 6. The molecule has 0 bridgehead atoms. The van der Waals surface area contributed by atoms with Crippen LogP contribution >= 0.6 is 0 Å². The lowest BCUT2D eigenvalue weighted by Gasteiger charge is -2.16. The fraction of sp³-hybridized carbons (Fsp3) is 0.500. The lowest BCUT2D eigenvalue weighted by Crippen LogP contribution is -2.30. The maximum Gasteiger partial charge on any atom is 0.319 e. The van der Waals surface area contributed by atoms with E-state index in [-0.39, 0.29) is 12.5 Å². The van der Waals surface area contributed by atoms with E-state index in [4.69, 9.17) is 5.11 Å². The van der Waals surface area contributed by atoms with Gasteiger partial charge in [0.25, 0.3) is 0 Å². The number of carboxylic acids is 1. The van der Waals surface area contributed by atoms with Crippen LogP contribution in [0.2, 0.25) is 0 Å². The summed E-state index contributed by atoms with van der Waals surface area (Å²) in [4.78, 5) is 22.2. The highest BCUT2D eigenvalue weighted by Gasteiger charge is 2.10. The van der Waals surface area contributed by atoms with Crippen molar-refractivity contribution in [1.29, 1.82) is 0 Å². The van der Waals surface area contributed by atoms with E-state index in [1.165, 1.54) is 5.56 Å². The van der Waals surface area contributed by atoms with Crippen LogP contribution in [0.15, 0.2) is 12.1 Å². The van der Waals surface area contributed by atoms with Crippen LogP contribution in [-0.2, 0) is 4.79 Å². The molecule has 5 heteroatoms. The average Bonchev–Trinajstić information content (AvgIpc) is 2.38. The largest absolute Gasteiger partial charge is 0.481 e. The van der Waals surface area contributed by atoms with Gasteiger partial charge in [-0.05, 0) is 42.9 Å². The molecule has 5 nitrogen and oxygen atoms in total. The molecule has 2 amide bonds. The van der Waals surface area contributed by atoms with Crippen molar-refractivity contribution in [1.82, 2.24) is 5.32 Å². The Balaban J connectivity index is 2.62. The first kappa shape index (κ1) is 17.0. The molecular formula is C16H24N2O3. The Morgan fingerprint density at radius 1 is 1.19 bits per heavy atom. The number of nitrogens with one attached hydrogen (secondary N) is 2. The predicted octanol–water partition coefficient (Wildman–Crippen LogP) is 3.41. The Bertz CT molecular complexity index is 501. The number of carbonyl (C=O) groups excluding carboxylic acids is 1. The van der Waals surface area contributed by atoms with Crippen LogP contribution in [0, 0.1) is 13.8 Å². The summed E-state index contributed by atoms with van der Waals surface area (Å²) in [6, 6.07) is 3.86. The highest BCUT2D eigenvalue weighted by Crippen LogP contribution is 2.26. The number of benzene rings is 1. The monoisotopic (exact) mass is 292 g/mol. The Morgan fingerprint density at radius 3 is 2.24 bits per heavy atom. The van der Waals surface area contributed by atoms with Gasteiger partial charge < -0.3 is 15.7 Å². The van der Waals surface area contributed by atoms with Crippen LogP contribution in [0.3, 0.4) is 0 Å². The molecule has 0 saturated heterocycles. The van der Waals surface area contributed by atoms with Gasteiger partial charge in [0.1, 0.15) is 0 Å². The third-order valence-electron chi connectivity index (χ3n) is 3.31. The van der Waals surface area contributed by atoms with Gasteiger partial charge in [0.15, 0.2) is 0 Å². The van der Waals surface area contributed by atoms with Crippen LogP contribution < -0.4 is 10.6 Å². The van der Waals surface area contributed by atoms with Gasteiger partial charge >= 0.3 is 12.0 Å². The predicted molar refractivity (Wildman–Crippen MR) is 83.9 cm³/mol. The Kier molecular flexibility index (Phi) is 6.21. The molecule has 0 aliphatic rings. The van der Waals surface area contributed by atoms with E-state index in [9.17, 15) is 9.59 Å². The molecule has 0 spiro atoms. The van der Waals surface area contributed by atoms with E-state index in [1.807, 2.05) is 13.8 Å². The maximum absolute atomic E-state index is 11.8. The zero-order valence-corrected chi connectivity index (χ0v) is 13.1. The van der Waals surface area contributed by atoms with Gasteiger partial charge in [0.05, 0.1) is 0 Å². The summed E-state index contributed by atoms with van der Waals surface area (Å²) in [6.45, 7) is 8.56. The quantitative estimate of drug-likeness (QED) is 0.703. The van der Waals surface area contributed by atoms with Crippen molar-refractivity contribution >= 4 is 17.7 Å². The topological polar surface area (TPSA) is 78.4 Å². The van der Waals surface area contributed by atoms with E-state index < -0.39 is 5.97 Å². The van der Waals surface area contributed by atoms with Crippen molar-refractivity contribution in [2.45, 2.75) is 46.5 Å². The highest BCUT2D eigenvalue weighted by molar-refractivity contribution is 5.91. The molecular weight excluding hydrogens is 268 g/mol. The van der Waals surface area contributed by atoms with Gasteiger partial charge in [-0.25, -0.2) is 4.79 Å². The standard InChI is InChI=1S/C16H24N2O3/c1-10(2)13-8-11(3)15(12(4)9-13)18-16(21)17-7-5-6-14(19)20/h8-10H,5-7H2,1-4H3,(H,19,20)(H2,17,18,21). The fourth-order valence-electron chi connectivity index (χ4n) is 2.13. The second-order valence-corrected chi connectivity index (χ2v) is 5.56. The van der Waals surface area contributed by atoms with Crippen molar-refractivity contribution in [3.8, 4) is 0 Å². The van der Waals surface area contributed by atoms with Crippen molar-refractivity contribution in [2.24, 2.45) is 0 Å². The van der Waals surface area contributed by atoms with E-state index in [0.29, 0.717) is 18.9 Å². The molecule has 0 aliphatic heterocycles. The lowest BCUT2D eigenvalue weighted by molar-refractivity contribution is -0.137. The molecule has 3 N–H and O–H groups in total. The number of aliphatic carboxylic acids is 1. The van der Waals surface area contributed by atoms with Gasteiger partial charge in [-0.3, -0.25) is 4.79 Å². The first-order chi connectivity index (χ1) is 9.81. The minimum absolute atomic E-state index is 0.0570. The van der Waals surface area contributed by atoms with Crippen LogP contribution in [-0.4, -0.2) is 23.7 Å². The third-order valence-corrected chi connectivity index (χ3v) is 3.31. The average molecular weight is 292 g/mol. The molecule has 0 radical (unpaired) electrons. The summed E-state index contributed by atoms with van der Waals surface area (Å²) >= 11 is 0. The van der Waals surface area contributed by atoms with Gasteiger partial charge in [-0.2, -0.15) is 0 Å². The van der Waals surface area contributed by atoms with Crippen LogP contribution in [0.1, 0.15) is 49.3 Å². The second-order valence-electron chi connectivity index (χ2n) is 5.56. The van der Waals surface area contributed by atoms with Gasteiger partial charge in [0.2, 0.25) is 0 Å². The number of carbonyl (C=O) groups is 2. The molecule has 0 saturated carbocycles. The number of hydrogen-bond donors (Lipinski definition) is 3. The van der Waals surface area contributed by atoms with Gasteiger partial charge in [-0.1, -0.05) is 26.0 Å². The summed E-state index contributed by atoms with van der Waals surface area (Å²) in [5.74, 6) is -0.408. The number of anilines is 1. The van der Waals surface area contributed by atoms with Gasteiger partial charge in [-0.15, -0.1) is 0 Å². The molecule has 21 heavy (non-hydrogen) atoms. The molecule has 0 heterocycles. The molecule has 1 aromatic carbocycles. The minimum atomic E-state index is -0.854. The van der Waals surface area contributed by atoms with Crippen molar-refractivity contribution in [3.05, 3.63) is 28.8 Å². The number of carboxylic acid groups (broad SMARTS) is 1. The lowest BCUT2D eigenvalue weighted by atomic mass is 9.97. The normalized spacial score (nSPS) is 10.5. The summed E-state index contributed by atoms with van der Waals surface area (Å²) in [5, 5.41) is 14.0. The Labute approximate surface area is 125 Å². The van der Waals surface area contributed by atoms with Crippen molar-refractivity contribution in [2.75, 3.05) is 11.9 Å². The summed E-state index contributed by atoms with van der Waals surface area (Å²) in [5.41, 5.74) is 4.12. The molecule has 0 fully saturated rings. The fourth-order valence-corrected chi connectivity index (χ4v) is 2.13. The second kappa shape index (κ2) is 7.67. The van der Waals surface area contributed by atoms with Crippen LogP contribution in [0.25, 0.3) is 0 Å². The number of hydrogen-bond acceptors (Lipinski definition) is 2. The first-order valence-electron chi connectivity index (χ1n) is 7.19. The molecule has 116 valence electrons. The maximum atomic E-state index is 11.8. The summed E-state index contributed by atoms with van der Waals surface area (Å²) in [6.07, 6.45) is 0.481. The van der Waals surface area contributed by atoms with Crippen LogP contribution in [0.5, 0.6) is 0 Å². The van der Waals surface area contributed by atoms with Gasteiger partial charge in [0, 0.05) is 18.7 Å². The van der Waals surface area contributed by atoms with E-state index in [1.54, 1.807) is 0 Å². The molecule has 1 aromatic rings. The van der Waals surface area contributed by atoms with Crippen LogP contribution in [0.4, 0.5) is 10.5 Å². The van der Waals surface area contributed by atoms with Crippen molar-refractivity contribution in [3.63, 3.8) is 0 Å². The smallest absolute Gasteiger partial charge is 0.319 e. The van der Waals surface area contributed by atoms with Crippen molar-refractivity contribution < 1.29 is 14.7 Å². The highest BCUT2D eigenvalue weighted by atomic mass is 16.4. The number of aryl methyl sites for hydroxylation is 2. The Hall–Kier alpha value is -2.04. The van der Waals surface area contributed by atoms with E-state index in [0.717, 1.165) is 16.8 Å². The molecule has 1 rings (SSSR count). The summed E-state index contributed by atoms with van der Waals surface area (Å²) < 4.78 is 0. The number of amides is 2.